The molecule has 0 unspecified atom stereocenters. The molecular formula is C12H2F10N2. The Kier molecular flexibility index (Phi) is 4.49. The van der Waals surface area contributed by atoms with Gasteiger partial charge in [0.25, 0.3) is 0 Å². The van der Waals surface area contributed by atoms with E-state index in [-0.39, 0.29) is 0 Å². The van der Waals surface area contributed by atoms with E-state index in [9.17, 15) is 43.9 Å². The minimum Gasteiger partial charge on any atom is -0.295 e. The van der Waals surface area contributed by atoms with Crippen molar-refractivity contribution in [3.8, 4) is 0 Å². The second-order valence-electron chi connectivity index (χ2n) is 4.14. The molecule has 0 radical (unpaired) electrons. The van der Waals surface area contributed by atoms with Crippen LogP contribution in [0.4, 0.5) is 55.3 Å². The third-order valence-corrected chi connectivity index (χ3v) is 2.73. The minimum absolute atomic E-state index is 1.18. The highest BCUT2D eigenvalue weighted by molar-refractivity contribution is 5.56. The molecule has 2 nitrogen and oxygen atoms in total. The Morgan fingerprint density at radius 2 is 0.458 bits per heavy atom. The lowest BCUT2D eigenvalue weighted by molar-refractivity contribution is 0.380. The Labute approximate surface area is 125 Å². The summed E-state index contributed by atoms with van der Waals surface area (Å²) < 4.78 is 131. The molecule has 0 spiro atoms. The second kappa shape index (κ2) is 6.09. The maximum absolute atomic E-state index is 13.3. The van der Waals surface area contributed by atoms with Crippen LogP contribution in [0.2, 0.25) is 0 Å². The van der Waals surface area contributed by atoms with Crippen LogP contribution in [0.3, 0.4) is 0 Å². The van der Waals surface area contributed by atoms with Crippen molar-refractivity contribution in [3.63, 3.8) is 0 Å². The number of benzene rings is 2. The van der Waals surface area contributed by atoms with Gasteiger partial charge in [-0.2, -0.15) is 0 Å². The SMILES string of the molecule is Fc1c(F)c(F)c(NNc2c(F)c(F)c(F)c(F)c2F)c(F)c1F. The predicted octanol–water partition coefficient (Wildman–Crippen LogP) is 4.52. The lowest BCUT2D eigenvalue weighted by atomic mass is 10.2. The van der Waals surface area contributed by atoms with E-state index in [4.69, 9.17) is 0 Å². The quantitative estimate of drug-likeness (QED) is 0.362. The summed E-state index contributed by atoms with van der Waals surface area (Å²) in [4.78, 5) is 0. The summed E-state index contributed by atoms with van der Waals surface area (Å²) in [6.07, 6.45) is 0. The van der Waals surface area contributed by atoms with Crippen LogP contribution in [0.1, 0.15) is 0 Å². The first-order valence-electron chi connectivity index (χ1n) is 5.64. The largest absolute Gasteiger partial charge is 0.295 e. The fraction of sp³-hybridized carbons (Fsp3) is 0. The van der Waals surface area contributed by atoms with Crippen LogP contribution in [0.5, 0.6) is 0 Å². The molecule has 0 heterocycles. The molecular weight excluding hydrogens is 362 g/mol. The van der Waals surface area contributed by atoms with Gasteiger partial charge in [0.15, 0.2) is 46.5 Å². The number of rotatable bonds is 3. The number of hydrogen-bond acceptors (Lipinski definition) is 2. The Bertz CT molecular complexity index is 708. The Balaban J connectivity index is 2.48. The van der Waals surface area contributed by atoms with E-state index in [0.29, 0.717) is 0 Å². The highest BCUT2D eigenvalue weighted by Crippen LogP contribution is 2.30. The van der Waals surface area contributed by atoms with E-state index in [1.165, 1.54) is 10.9 Å². The van der Waals surface area contributed by atoms with Crippen LogP contribution in [0, 0.1) is 58.2 Å². The fourth-order valence-electron chi connectivity index (χ4n) is 1.55. The van der Waals surface area contributed by atoms with E-state index < -0.39 is 69.5 Å². The molecule has 0 aliphatic rings. The van der Waals surface area contributed by atoms with Gasteiger partial charge in [-0.05, 0) is 0 Å². The molecule has 0 atom stereocenters. The summed E-state index contributed by atoms with van der Waals surface area (Å²) in [7, 11) is 0. The third kappa shape index (κ3) is 2.57. The summed E-state index contributed by atoms with van der Waals surface area (Å²) in [5.74, 6) is -24.3. The zero-order valence-electron chi connectivity index (χ0n) is 10.8. The van der Waals surface area contributed by atoms with Gasteiger partial charge in [-0.25, -0.2) is 43.9 Å². The first kappa shape index (κ1) is 17.7. The summed E-state index contributed by atoms with van der Waals surface area (Å²) in [6.45, 7) is 0. The number of hydrazine groups is 1. The zero-order chi connectivity index (χ0) is 18.3. The molecule has 2 rings (SSSR count). The molecule has 2 aromatic carbocycles. The first-order valence-corrected chi connectivity index (χ1v) is 5.64. The van der Waals surface area contributed by atoms with Gasteiger partial charge in [-0.3, -0.25) is 10.9 Å². The average Bonchev–Trinajstić information content (AvgIpc) is 2.57. The van der Waals surface area contributed by atoms with Gasteiger partial charge in [0.1, 0.15) is 11.4 Å². The van der Waals surface area contributed by atoms with Crippen molar-refractivity contribution in [2.45, 2.75) is 0 Å². The third-order valence-electron chi connectivity index (χ3n) is 2.73. The molecule has 2 N–H and O–H groups in total. The van der Waals surface area contributed by atoms with E-state index in [0.717, 1.165) is 0 Å². The van der Waals surface area contributed by atoms with E-state index in [2.05, 4.69) is 0 Å². The summed E-state index contributed by atoms with van der Waals surface area (Å²) in [5, 5.41) is 0. The minimum atomic E-state index is -2.51. The molecule has 130 valence electrons. The first-order chi connectivity index (χ1) is 11.1. The van der Waals surface area contributed by atoms with Gasteiger partial charge in [0.05, 0.1) is 0 Å². The molecule has 0 amide bonds. The lowest BCUT2D eigenvalue weighted by Gasteiger charge is -2.14. The van der Waals surface area contributed by atoms with Gasteiger partial charge in [-0.1, -0.05) is 0 Å². The normalized spacial score (nSPS) is 10.9. The van der Waals surface area contributed by atoms with Crippen molar-refractivity contribution in [3.05, 3.63) is 58.2 Å². The second-order valence-corrected chi connectivity index (χ2v) is 4.14. The molecule has 0 saturated heterocycles. The topological polar surface area (TPSA) is 24.1 Å². The van der Waals surface area contributed by atoms with Crippen molar-refractivity contribution in [1.29, 1.82) is 0 Å². The van der Waals surface area contributed by atoms with Gasteiger partial charge in [0, 0.05) is 0 Å². The van der Waals surface area contributed by atoms with E-state index in [1.807, 2.05) is 0 Å². The summed E-state index contributed by atoms with van der Waals surface area (Å²) in [6, 6.07) is 0. The van der Waals surface area contributed by atoms with Crippen molar-refractivity contribution in [2.75, 3.05) is 10.9 Å². The monoisotopic (exact) mass is 364 g/mol. The Morgan fingerprint density at radius 1 is 0.292 bits per heavy atom. The molecule has 2 aromatic rings. The van der Waals surface area contributed by atoms with Gasteiger partial charge in [-0.15, -0.1) is 0 Å². The van der Waals surface area contributed by atoms with Crippen molar-refractivity contribution in [1.82, 2.24) is 0 Å². The molecule has 24 heavy (non-hydrogen) atoms. The smallest absolute Gasteiger partial charge is 0.200 e. The van der Waals surface area contributed by atoms with Gasteiger partial charge < -0.3 is 0 Å². The number of hydrogen-bond donors (Lipinski definition) is 2. The van der Waals surface area contributed by atoms with Crippen LogP contribution in [-0.4, -0.2) is 0 Å². The lowest BCUT2D eigenvalue weighted by Crippen LogP contribution is -2.18. The molecule has 0 saturated carbocycles. The maximum atomic E-state index is 13.3. The molecule has 0 bridgehead atoms. The van der Waals surface area contributed by atoms with Gasteiger partial charge in [0.2, 0.25) is 11.6 Å². The Hall–Kier alpha value is -2.66. The van der Waals surface area contributed by atoms with Crippen LogP contribution in [0.25, 0.3) is 0 Å². The van der Waals surface area contributed by atoms with Crippen molar-refractivity contribution >= 4 is 11.4 Å². The number of nitrogens with one attached hydrogen (secondary N) is 2. The fourth-order valence-corrected chi connectivity index (χ4v) is 1.55. The van der Waals surface area contributed by atoms with E-state index in [1.54, 1.807) is 0 Å². The van der Waals surface area contributed by atoms with Gasteiger partial charge >= 0.3 is 0 Å². The molecule has 0 aliphatic carbocycles. The van der Waals surface area contributed by atoms with E-state index >= 15 is 0 Å². The van der Waals surface area contributed by atoms with Crippen molar-refractivity contribution in [2.24, 2.45) is 0 Å². The zero-order valence-corrected chi connectivity index (χ0v) is 10.8. The van der Waals surface area contributed by atoms with Crippen LogP contribution in [-0.2, 0) is 0 Å². The average molecular weight is 364 g/mol. The standard InChI is InChI=1S/C12H2F10N2/c13-1-3(15)7(19)11(8(20)4(1)16)23-24-12-9(21)5(17)2(14)6(18)10(12)22/h23-24H. The molecule has 0 fully saturated rings. The summed E-state index contributed by atoms with van der Waals surface area (Å²) in [5.41, 5.74) is -1.23. The van der Waals surface area contributed by atoms with Crippen LogP contribution in [0.15, 0.2) is 0 Å². The molecule has 12 heteroatoms. The molecule has 0 aliphatic heterocycles. The predicted molar refractivity (Wildman–Crippen MR) is 59.7 cm³/mol. The molecule has 0 aromatic heterocycles. The van der Waals surface area contributed by atoms with Crippen molar-refractivity contribution < 1.29 is 43.9 Å². The van der Waals surface area contributed by atoms with Crippen LogP contribution < -0.4 is 10.9 Å². The number of halogens is 10. The highest BCUT2D eigenvalue weighted by atomic mass is 19.2. The number of anilines is 2. The maximum Gasteiger partial charge on any atom is 0.200 e. The highest BCUT2D eigenvalue weighted by Gasteiger charge is 2.28. The summed E-state index contributed by atoms with van der Waals surface area (Å²) >= 11 is 0. The Morgan fingerprint density at radius 3 is 0.667 bits per heavy atom. The van der Waals surface area contributed by atoms with Crippen LogP contribution >= 0.6 is 0 Å².